The van der Waals surface area contributed by atoms with Crippen LogP contribution in [0.1, 0.15) is 116 Å². The van der Waals surface area contributed by atoms with Gasteiger partial charge in [0.15, 0.2) is 6.10 Å². The van der Waals surface area contributed by atoms with Gasteiger partial charge in [0.1, 0.15) is 42.7 Å². The van der Waals surface area contributed by atoms with Crippen molar-refractivity contribution in [3.8, 4) is 5.75 Å². The lowest BCUT2D eigenvalue weighted by molar-refractivity contribution is -0.179. The van der Waals surface area contributed by atoms with Crippen molar-refractivity contribution in [2.45, 2.75) is 150 Å². The van der Waals surface area contributed by atoms with Crippen LogP contribution in [-0.2, 0) is 115 Å². The van der Waals surface area contributed by atoms with E-state index in [2.05, 4.69) is 31.9 Å². The smallest absolute Gasteiger partial charge is 0.407 e. The third kappa shape index (κ3) is 33.2. The number of hydrogen-bond donors (Lipinski definition) is 7. The number of alkyl carbamates (subject to hydrolysis) is 1. The number of aliphatic carboxylic acids is 1. The number of ether oxygens (including phenoxy) is 12. The van der Waals surface area contributed by atoms with Crippen LogP contribution in [0.2, 0.25) is 5.02 Å². The number of anilines is 1. The first-order valence-electron chi connectivity index (χ1n) is 35.8. The van der Waals surface area contributed by atoms with Gasteiger partial charge in [-0.2, -0.15) is 0 Å². The van der Waals surface area contributed by atoms with E-state index < -0.39 is 113 Å². The predicted molar refractivity (Wildman–Crippen MR) is 388 cm³/mol. The quantitative estimate of drug-likeness (QED) is 0.0148. The second kappa shape index (κ2) is 47.4. The van der Waals surface area contributed by atoms with Crippen LogP contribution < -0.4 is 36.6 Å². The van der Waals surface area contributed by atoms with Crippen molar-refractivity contribution in [1.82, 2.24) is 31.5 Å². The van der Waals surface area contributed by atoms with Crippen LogP contribution in [0.15, 0.2) is 78.9 Å². The van der Waals surface area contributed by atoms with Crippen molar-refractivity contribution in [3.05, 3.63) is 106 Å². The molecule has 2 heterocycles. The largest absolute Gasteiger partial charge is 0.495 e. The molecule has 0 unspecified atom stereocenters. The summed E-state index contributed by atoms with van der Waals surface area (Å²) in [6.07, 6.45) is -1.11. The standard InChI is InChI=1S/C75H108ClN7O23/c1-48(2)42-61-72(92)104-59(12-11-13-62(84)81-58(44-54-18-23-60(96-10)57(76)43-54)70(90)78-47-75(7,8)73(93)105-61)50(5)67-68(106-67)55-19-14-52(15-20-55)45-77-74(94)103-46-53-16-21-56(22-17-53)80-69(89)51(6)79-71(91)66(49(3)4)82-63(85)24-27-83(28-25-65(87)88)64(86)26-29-97-32-33-99-36-37-101-40-41-102-39-38-100-35-34-98-31-30-95-9/h11,13-23,43,48-51,58-59,61,66-68H,12,24-42,44-47H2,1-10H3,(H,77,94)(H,78,90)(H,79,91)(H,80,89)(H,81,84)(H,82,85)(H,87,88)/b13-11-/t50-,51-,58+,59-,61-,66-,67+,68+/m0/s1. The van der Waals surface area contributed by atoms with E-state index in [0.29, 0.717) is 93.7 Å². The van der Waals surface area contributed by atoms with Crippen molar-refractivity contribution >= 4 is 76.7 Å². The lowest BCUT2D eigenvalue weighted by Crippen LogP contribution is -2.54. The molecule has 588 valence electrons. The molecule has 5 rings (SSSR count). The molecule has 1 fully saturated rings. The monoisotopic (exact) mass is 1510 g/mol. The Labute approximate surface area is 625 Å². The Bertz CT molecular complexity index is 3300. The van der Waals surface area contributed by atoms with Gasteiger partial charge in [0, 0.05) is 64.2 Å². The summed E-state index contributed by atoms with van der Waals surface area (Å²) in [5.41, 5.74) is 1.93. The topological polar surface area (TPSA) is 380 Å². The van der Waals surface area contributed by atoms with Gasteiger partial charge in [0.2, 0.25) is 35.4 Å². The number of carbonyl (C=O) groups excluding carboxylic acids is 9. The molecule has 0 aromatic heterocycles. The van der Waals surface area contributed by atoms with Gasteiger partial charge < -0.3 is 98.7 Å². The molecule has 31 heteroatoms. The SMILES string of the molecule is COCCOCCOCCOCCOCCOCCOCCC(=O)N(CCC(=O)O)CCC(=O)N[C@H](C(=O)N[C@@H](C)C(=O)Nc1ccc(COC(=O)NCc2ccc([C@H]3O[C@@H]3[C@@H](C)[C@@H]3C/C=C\C(=O)N[C@H](Cc4ccc(OC)c(Cl)c4)C(=O)NCC(C)(C)C(=O)O[C@@H](CC(C)C)C(=O)O3)cc2)cc1)C(C)C. The number of rotatable bonds is 45. The summed E-state index contributed by atoms with van der Waals surface area (Å²) in [5.74, 6) is -6.38. The molecule has 30 nitrogen and oxygen atoms in total. The normalized spacial score (nSPS) is 18.7. The number of carboxylic acid groups (broad SMARTS) is 1. The molecule has 2 aliphatic rings. The zero-order valence-electron chi connectivity index (χ0n) is 62.5. The lowest BCUT2D eigenvalue weighted by atomic mass is 9.92. The van der Waals surface area contributed by atoms with Crippen LogP contribution in [0.5, 0.6) is 5.75 Å². The summed E-state index contributed by atoms with van der Waals surface area (Å²) in [4.78, 5) is 134. The molecule has 3 aromatic carbocycles. The number of nitrogens with zero attached hydrogens (tertiary/aromatic N) is 1. The van der Waals surface area contributed by atoms with Crippen molar-refractivity contribution < 1.29 is 110 Å². The van der Waals surface area contributed by atoms with Crippen LogP contribution in [0.25, 0.3) is 0 Å². The zero-order chi connectivity index (χ0) is 77.6. The van der Waals surface area contributed by atoms with E-state index in [4.69, 9.17) is 68.4 Å². The average Bonchev–Trinajstić information content (AvgIpc) is 1.62. The van der Waals surface area contributed by atoms with Crippen molar-refractivity contribution in [3.63, 3.8) is 0 Å². The number of carboxylic acids is 1. The minimum absolute atomic E-state index is 0.0338. The molecule has 7 amide bonds. The van der Waals surface area contributed by atoms with Gasteiger partial charge in [-0.1, -0.05) is 94.8 Å². The highest BCUT2D eigenvalue weighted by molar-refractivity contribution is 6.32. The van der Waals surface area contributed by atoms with E-state index in [-0.39, 0.29) is 103 Å². The Hall–Kier alpha value is -8.33. The van der Waals surface area contributed by atoms with Gasteiger partial charge in [-0.25, -0.2) is 9.59 Å². The van der Waals surface area contributed by atoms with E-state index in [9.17, 15) is 53.1 Å². The first kappa shape index (κ1) is 88.3. The molecule has 8 atom stereocenters. The molecule has 2 aliphatic heterocycles. The molecular weight excluding hydrogens is 1400 g/mol. The number of hydrogen-bond acceptors (Lipinski definition) is 22. The van der Waals surface area contributed by atoms with Crippen LogP contribution in [-0.4, -0.2) is 226 Å². The third-order valence-corrected chi connectivity index (χ3v) is 17.2. The number of esters is 2. The molecule has 106 heavy (non-hydrogen) atoms. The number of cyclic esters (lactones) is 2. The maximum atomic E-state index is 14.0. The fourth-order valence-corrected chi connectivity index (χ4v) is 10.9. The summed E-state index contributed by atoms with van der Waals surface area (Å²) >= 11 is 6.39. The highest BCUT2D eigenvalue weighted by Crippen LogP contribution is 2.45. The first-order chi connectivity index (χ1) is 50.7. The summed E-state index contributed by atoms with van der Waals surface area (Å²) < 4.78 is 66.6. The highest BCUT2D eigenvalue weighted by atomic mass is 35.5. The number of benzene rings is 3. The molecular formula is C75H108ClN7O23. The predicted octanol–water partition coefficient (Wildman–Crippen LogP) is 5.96. The Morgan fingerprint density at radius 2 is 1.28 bits per heavy atom. The van der Waals surface area contributed by atoms with E-state index in [0.717, 1.165) is 11.1 Å². The van der Waals surface area contributed by atoms with Crippen molar-refractivity contribution in [2.75, 3.05) is 125 Å². The summed E-state index contributed by atoms with van der Waals surface area (Å²) in [6.45, 7) is 18.2. The number of epoxide rings is 1. The van der Waals surface area contributed by atoms with E-state index in [1.165, 1.54) is 25.0 Å². The van der Waals surface area contributed by atoms with E-state index >= 15 is 0 Å². The van der Waals surface area contributed by atoms with E-state index in [1.807, 2.05) is 45.0 Å². The Kier molecular flexibility index (Phi) is 39.5. The van der Waals surface area contributed by atoms with Crippen molar-refractivity contribution in [2.24, 2.45) is 23.2 Å². The van der Waals surface area contributed by atoms with Crippen LogP contribution >= 0.6 is 11.6 Å². The number of carbonyl (C=O) groups is 10. The van der Waals surface area contributed by atoms with Gasteiger partial charge in [-0.15, -0.1) is 0 Å². The lowest BCUT2D eigenvalue weighted by Gasteiger charge is -2.29. The number of nitrogens with one attached hydrogen (secondary N) is 6. The van der Waals surface area contributed by atoms with Gasteiger partial charge in [0.05, 0.1) is 122 Å². The fraction of sp³-hybridized carbons (Fsp3) is 0.600. The molecule has 0 radical (unpaired) electrons. The summed E-state index contributed by atoms with van der Waals surface area (Å²) in [7, 11) is 3.09. The third-order valence-electron chi connectivity index (χ3n) is 16.9. The Balaban J connectivity index is 1.02. The molecule has 1 saturated heterocycles. The maximum absolute atomic E-state index is 14.0. The molecule has 0 aliphatic carbocycles. The molecule has 0 bridgehead atoms. The first-order valence-corrected chi connectivity index (χ1v) is 36.1. The number of halogens is 1. The molecule has 0 saturated carbocycles. The zero-order valence-corrected chi connectivity index (χ0v) is 63.3. The number of amides is 7. The molecule has 3 aromatic rings. The van der Waals surface area contributed by atoms with Gasteiger partial charge in [-0.05, 0) is 91.6 Å². The molecule has 7 N–H and O–H groups in total. The summed E-state index contributed by atoms with van der Waals surface area (Å²) in [6, 6.07) is 15.8. The van der Waals surface area contributed by atoms with Crippen LogP contribution in [0, 0.1) is 23.2 Å². The van der Waals surface area contributed by atoms with Crippen molar-refractivity contribution in [1.29, 1.82) is 0 Å². The Morgan fingerprint density at radius 3 is 1.86 bits per heavy atom. The minimum atomic E-state index is -1.29. The minimum Gasteiger partial charge on any atom is -0.495 e. The second-order valence-electron chi connectivity index (χ2n) is 26.9. The molecule has 0 spiro atoms. The number of methoxy groups -OCH3 is 2. The van der Waals surface area contributed by atoms with Crippen LogP contribution in [0.3, 0.4) is 0 Å². The van der Waals surface area contributed by atoms with Crippen LogP contribution in [0.4, 0.5) is 10.5 Å². The summed E-state index contributed by atoms with van der Waals surface area (Å²) in [5, 5.41) is 26.0. The Morgan fingerprint density at radius 1 is 0.698 bits per heavy atom. The second-order valence-corrected chi connectivity index (χ2v) is 27.3. The highest BCUT2D eigenvalue weighted by Gasteiger charge is 2.48. The van der Waals surface area contributed by atoms with Gasteiger partial charge >= 0.3 is 24.0 Å². The fourth-order valence-electron chi connectivity index (χ4n) is 10.6. The van der Waals surface area contributed by atoms with Gasteiger partial charge in [-0.3, -0.25) is 38.4 Å². The van der Waals surface area contributed by atoms with Gasteiger partial charge in [0.25, 0.3) is 0 Å². The van der Waals surface area contributed by atoms with E-state index in [1.54, 1.807) is 83.3 Å². The maximum Gasteiger partial charge on any atom is 0.407 e. The average molecular weight is 1510 g/mol.